The van der Waals surface area contributed by atoms with Crippen molar-refractivity contribution >= 4 is 12.2 Å². The SMILES string of the molecule is C=CCOc1ccc(/C=[NH+]\N=C(N)N)cc1OC. The van der Waals surface area contributed by atoms with Gasteiger partial charge in [0.25, 0.3) is 5.96 Å². The Morgan fingerprint density at radius 2 is 2.22 bits per heavy atom. The lowest BCUT2D eigenvalue weighted by molar-refractivity contribution is -0.456. The molecule has 1 aromatic carbocycles. The Hall–Kier alpha value is -2.50. The van der Waals surface area contributed by atoms with Gasteiger partial charge in [0.1, 0.15) is 6.61 Å². The maximum absolute atomic E-state index is 5.43. The van der Waals surface area contributed by atoms with Crippen LogP contribution in [0, 0.1) is 0 Å². The van der Waals surface area contributed by atoms with E-state index in [1.165, 1.54) is 0 Å². The summed E-state index contributed by atoms with van der Waals surface area (Å²) in [7, 11) is 1.57. The van der Waals surface area contributed by atoms with E-state index in [2.05, 4.69) is 16.8 Å². The zero-order valence-corrected chi connectivity index (χ0v) is 10.2. The molecule has 5 N–H and O–H groups in total. The molecule has 0 saturated carbocycles. The molecule has 0 amide bonds. The van der Waals surface area contributed by atoms with Crippen LogP contribution in [-0.2, 0) is 0 Å². The Kier molecular flexibility index (Phi) is 5.24. The highest BCUT2D eigenvalue weighted by molar-refractivity contribution is 5.78. The van der Waals surface area contributed by atoms with Crippen LogP contribution in [0.1, 0.15) is 5.56 Å². The monoisotopic (exact) mass is 249 g/mol. The molecule has 1 rings (SSSR count). The lowest BCUT2D eigenvalue weighted by Gasteiger charge is -2.08. The highest BCUT2D eigenvalue weighted by Gasteiger charge is 2.05. The molecule has 0 aliphatic carbocycles. The van der Waals surface area contributed by atoms with Crippen LogP contribution in [0.3, 0.4) is 0 Å². The van der Waals surface area contributed by atoms with E-state index in [0.717, 1.165) is 5.56 Å². The van der Waals surface area contributed by atoms with Gasteiger partial charge in [-0.3, -0.25) is 0 Å². The molecular weight excluding hydrogens is 232 g/mol. The minimum atomic E-state index is -0.0378. The first-order chi connectivity index (χ1) is 8.67. The van der Waals surface area contributed by atoms with Gasteiger partial charge in [-0.25, -0.2) is 0 Å². The number of ether oxygens (including phenoxy) is 2. The van der Waals surface area contributed by atoms with E-state index in [9.17, 15) is 0 Å². The van der Waals surface area contributed by atoms with E-state index < -0.39 is 0 Å². The average Bonchev–Trinajstić information content (AvgIpc) is 2.36. The van der Waals surface area contributed by atoms with Crippen LogP contribution in [0.15, 0.2) is 36.0 Å². The third-order valence-corrected chi connectivity index (χ3v) is 1.97. The molecule has 96 valence electrons. The van der Waals surface area contributed by atoms with Crippen molar-refractivity contribution < 1.29 is 14.6 Å². The maximum atomic E-state index is 5.43. The van der Waals surface area contributed by atoms with E-state index in [1.54, 1.807) is 31.5 Å². The van der Waals surface area contributed by atoms with Gasteiger partial charge < -0.3 is 20.9 Å². The Bertz CT molecular complexity index is 465. The van der Waals surface area contributed by atoms with Crippen molar-refractivity contribution in [2.75, 3.05) is 13.7 Å². The van der Waals surface area contributed by atoms with Crippen LogP contribution in [0.25, 0.3) is 0 Å². The van der Waals surface area contributed by atoms with Crippen LogP contribution >= 0.6 is 0 Å². The molecule has 0 spiro atoms. The molecule has 0 aliphatic rings. The molecule has 0 aliphatic heterocycles. The fourth-order valence-electron chi connectivity index (χ4n) is 1.22. The molecule has 6 nitrogen and oxygen atoms in total. The second-order valence-corrected chi connectivity index (χ2v) is 3.32. The van der Waals surface area contributed by atoms with Crippen molar-refractivity contribution in [1.82, 2.24) is 0 Å². The standard InChI is InChI=1S/C12H16N4O2/c1-3-6-18-10-5-4-9(7-11(10)17-2)8-15-16-12(13)14/h3-5,7-8H,1,6H2,2H3,(H4,13,14,16)/p+1/b15-8-. The quantitative estimate of drug-likeness (QED) is 0.259. The Morgan fingerprint density at radius 1 is 1.44 bits per heavy atom. The Labute approximate surface area is 106 Å². The maximum Gasteiger partial charge on any atom is 0.256 e. The molecule has 18 heavy (non-hydrogen) atoms. The van der Waals surface area contributed by atoms with E-state index in [0.29, 0.717) is 18.1 Å². The third-order valence-electron chi connectivity index (χ3n) is 1.97. The number of nitrogens with one attached hydrogen (secondary N) is 1. The number of rotatable bonds is 6. The van der Waals surface area contributed by atoms with Crippen LogP contribution in [-0.4, -0.2) is 25.9 Å². The van der Waals surface area contributed by atoms with Crippen molar-refractivity contribution in [3.8, 4) is 11.5 Å². The van der Waals surface area contributed by atoms with Crippen molar-refractivity contribution in [2.45, 2.75) is 0 Å². The molecule has 1 aromatic rings. The molecular formula is C12H17N4O2+. The highest BCUT2D eigenvalue weighted by Crippen LogP contribution is 2.27. The number of guanidine groups is 1. The number of methoxy groups -OCH3 is 1. The molecule has 0 heterocycles. The van der Waals surface area contributed by atoms with Gasteiger partial charge in [-0.2, -0.15) is 0 Å². The van der Waals surface area contributed by atoms with E-state index in [1.807, 2.05) is 6.07 Å². The summed E-state index contributed by atoms with van der Waals surface area (Å²) < 4.78 is 10.6. The van der Waals surface area contributed by atoms with Gasteiger partial charge in [0, 0.05) is 10.7 Å². The summed E-state index contributed by atoms with van der Waals surface area (Å²) in [6.45, 7) is 4.01. The number of nitrogens with two attached hydrogens (primary N) is 2. The molecule has 0 aromatic heterocycles. The van der Waals surface area contributed by atoms with Crippen LogP contribution in [0.5, 0.6) is 11.5 Å². The van der Waals surface area contributed by atoms with Gasteiger partial charge in [0.05, 0.1) is 7.11 Å². The van der Waals surface area contributed by atoms with Crippen molar-refractivity contribution in [1.29, 1.82) is 0 Å². The number of hydrogen-bond donors (Lipinski definition) is 3. The van der Waals surface area contributed by atoms with Crippen molar-refractivity contribution in [2.24, 2.45) is 16.6 Å². The minimum Gasteiger partial charge on any atom is -0.493 e. The lowest BCUT2D eigenvalue weighted by atomic mass is 10.2. The van der Waals surface area contributed by atoms with Gasteiger partial charge in [0.2, 0.25) is 6.21 Å². The summed E-state index contributed by atoms with van der Waals surface area (Å²) in [5.74, 6) is 1.23. The summed E-state index contributed by atoms with van der Waals surface area (Å²) in [6.07, 6.45) is 3.30. The number of hydrogen-bond acceptors (Lipinski definition) is 3. The van der Waals surface area contributed by atoms with Crippen molar-refractivity contribution in [3.05, 3.63) is 36.4 Å². The van der Waals surface area contributed by atoms with Gasteiger partial charge in [-0.15, -0.1) is 5.10 Å². The molecule has 0 atom stereocenters. The molecule has 0 unspecified atom stereocenters. The first kappa shape index (κ1) is 13.6. The van der Waals surface area contributed by atoms with E-state index >= 15 is 0 Å². The minimum absolute atomic E-state index is 0.0378. The molecule has 0 fully saturated rings. The topological polar surface area (TPSA) is 96.8 Å². The fourth-order valence-corrected chi connectivity index (χ4v) is 1.22. The summed E-state index contributed by atoms with van der Waals surface area (Å²) in [5.41, 5.74) is 11.2. The Morgan fingerprint density at radius 3 is 2.83 bits per heavy atom. The highest BCUT2D eigenvalue weighted by atomic mass is 16.5. The molecule has 6 heteroatoms. The van der Waals surface area contributed by atoms with Crippen molar-refractivity contribution in [3.63, 3.8) is 0 Å². The zero-order chi connectivity index (χ0) is 13.4. The van der Waals surface area contributed by atoms with Crippen LogP contribution in [0.4, 0.5) is 0 Å². The van der Waals surface area contributed by atoms with E-state index in [4.69, 9.17) is 20.9 Å². The normalized spacial score (nSPS) is 10.1. The average molecular weight is 249 g/mol. The Balaban J connectivity index is 2.87. The molecule has 0 radical (unpaired) electrons. The predicted octanol–water partition coefficient (Wildman–Crippen LogP) is -1.05. The second-order valence-electron chi connectivity index (χ2n) is 3.32. The molecule has 0 bridgehead atoms. The summed E-state index contributed by atoms with van der Waals surface area (Å²) in [5, 5.41) is 6.24. The number of hydrazone groups is 1. The van der Waals surface area contributed by atoms with Gasteiger partial charge in [-0.05, 0) is 18.2 Å². The predicted molar refractivity (Wildman–Crippen MR) is 70.6 cm³/mol. The van der Waals surface area contributed by atoms with Crippen LogP contribution in [0.2, 0.25) is 0 Å². The third kappa shape index (κ3) is 4.17. The summed E-state index contributed by atoms with van der Waals surface area (Å²) in [4.78, 5) is 0. The second kappa shape index (κ2) is 6.95. The first-order valence-corrected chi connectivity index (χ1v) is 5.26. The largest absolute Gasteiger partial charge is 0.493 e. The van der Waals surface area contributed by atoms with E-state index in [-0.39, 0.29) is 5.96 Å². The summed E-state index contributed by atoms with van der Waals surface area (Å²) >= 11 is 0. The first-order valence-electron chi connectivity index (χ1n) is 5.26. The molecule has 0 saturated heterocycles. The summed E-state index contributed by atoms with van der Waals surface area (Å²) in [6, 6.07) is 5.44. The van der Waals surface area contributed by atoms with Gasteiger partial charge in [-0.1, -0.05) is 12.7 Å². The number of benzene rings is 1. The lowest BCUT2D eigenvalue weighted by Crippen LogP contribution is -2.63. The van der Waals surface area contributed by atoms with Gasteiger partial charge >= 0.3 is 0 Å². The fraction of sp³-hybridized carbons (Fsp3) is 0.167. The van der Waals surface area contributed by atoms with Crippen LogP contribution < -0.4 is 26.0 Å². The smallest absolute Gasteiger partial charge is 0.256 e. The number of nitrogens with zero attached hydrogens (tertiary/aromatic N) is 1. The zero-order valence-electron chi connectivity index (χ0n) is 10.2. The van der Waals surface area contributed by atoms with Gasteiger partial charge in [0.15, 0.2) is 11.5 Å².